The lowest BCUT2D eigenvalue weighted by molar-refractivity contribution is -0.0958. The number of allylic oxidation sites excluding steroid dienone is 4. The molecule has 0 aromatic heterocycles. The van der Waals surface area contributed by atoms with E-state index < -0.39 is 18.3 Å². The van der Waals surface area contributed by atoms with Gasteiger partial charge >= 0.3 is 0 Å². The van der Waals surface area contributed by atoms with Gasteiger partial charge in [-0.25, -0.2) is 0 Å². The molecule has 3 rings (SSSR count). The molecule has 200 valence electrons. The normalized spacial score (nSPS) is 34.9. The first-order valence-electron chi connectivity index (χ1n) is 14.1. The summed E-state index contributed by atoms with van der Waals surface area (Å²) in [5, 5.41) is 30.4. The molecule has 1 fully saturated rings. The predicted octanol–water partition coefficient (Wildman–Crippen LogP) is 6.36. The van der Waals surface area contributed by atoms with Gasteiger partial charge in [-0.05, 0) is 90.8 Å². The summed E-state index contributed by atoms with van der Waals surface area (Å²) in [7, 11) is 0. The number of aliphatic hydroxyl groups is 3. The monoisotopic (exact) mass is 488 g/mol. The summed E-state index contributed by atoms with van der Waals surface area (Å²) in [6, 6.07) is 0. The van der Waals surface area contributed by atoms with E-state index >= 15 is 0 Å². The molecule has 3 aliphatic rings. The maximum Gasteiger partial charge on any atom is 0.113 e. The fraction of sp³-hybridized carbons (Fsp3) is 0.806. The minimum Gasteiger partial charge on any atom is -0.396 e. The molecule has 3 N–H and O–H groups in total. The summed E-state index contributed by atoms with van der Waals surface area (Å²) in [6.07, 6.45) is 14.7. The zero-order valence-corrected chi connectivity index (χ0v) is 23.2. The van der Waals surface area contributed by atoms with Crippen molar-refractivity contribution in [1.29, 1.82) is 0 Å². The minimum absolute atomic E-state index is 0.0491. The fourth-order valence-electron chi connectivity index (χ4n) is 7.17. The quantitative estimate of drug-likeness (QED) is 0.313. The second-order valence-corrected chi connectivity index (χ2v) is 13.1. The van der Waals surface area contributed by atoms with E-state index in [0.717, 1.165) is 29.4 Å². The Hall–Kier alpha value is -0.940. The zero-order chi connectivity index (χ0) is 25.8. The van der Waals surface area contributed by atoms with Gasteiger partial charge in [-0.3, -0.25) is 0 Å². The summed E-state index contributed by atoms with van der Waals surface area (Å²) >= 11 is 0. The van der Waals surface area contributed by atoms with Crippen LogP contribution in [0.2, 0.25) is 0 Å². The van der Waals surface area contributed by atoms with E-state index in [2.05, 4.69) is 52.8 Å². The predicted molar refractivity (Wildman–Crippen MR) is 144 cm³/mol. The van der Waals surface area contributed by atoms with Gasteiger partial charge in [0.15, 0.2) is 0 Å². The molecule has 4 heteroatoms. The van der Waals surface area contributed by atoms with Crippen LogP contribution in [-0.2, 0) is 4.74 Å². The first-order valence-corrected chi connectivity index (χ1v) is 14.1. The lowest BCUT2D eigenvalue weighted by atomic mass is 9.62. The van der Waals surface area contributed by atoms with Crippen molar-refractivity contribution >= 4 is 0 Å². The molecule has 1 saturated carbocycles. The van der Waals surface area contributed by atoms with Gasteiger partial charge in [0.2, 0.25) is 0 Å². The SMILES string of the molecule is CC1=C(/C=C/C2=CCC[C@@]3(C)C2CC[C@@H]3[C@H](C)CCCC(C)(C)C)C[C@@H](O)[C@@H](OCCCO)[C@@H]1O. The van der Waals surface area contributed by atoms with E-state index in [1.807, 2.05) is 6.92 Å². The summed E-state index contributed by atoms with van der Waals surface area (Å²) < 4.78 is 5.68. The van der Waals surface area contributed by atoms with Crippen LogP contribution in [0.3, 0.4) is 0 Å². The molecule has 0 aromatic rings. The number of hydrogen-bond acceptors (Lipinski definition) is 4. The largest absolute Gasteiger partial charge is 0.396 e. The van der Waals surface area contributed by atoms with Gasteiger partial charge in [0.1, 0.15) is 12.2 Å². The van der Waals surface area contributed by atoms with E-state index in [9.17, 15) is 10.2 Å². The molecular formula is C31H52O4. The van der Waals surface area contributed by atoms with Crippen molar-refractivity contribution in [2.45, 2.75) is 118 Å². The van der Waals surface area contributed by atoms with E-state index in [1.54, 1.807) is 0 Å². The molecule has 4 nitrogen and oxygen atoms in total. The third-order valence-electron chi connectivity index (χ3n) is 9.31. The molecule has 0 heterocycles. The number of hydrogen-bond donors (Lipinski definition) is 3. The van der Waals surface area contributed by atoms with Gasteiger partial charge < -0.3 is 20.1 Å². The maximum atomic E-state index is 10.8. The molecule has 0 bridgehead atoms. The van der Waals surface area contributed by atoms with Gasteiger partial charge in [-0.15, -0.1) is 0 Å². The number of aliphatic hydroxyl groups excluding tert-OH is 3. The van der Waals surface area contributed by atoms with Crippen LogP contribution in [0.5, 0.6) is 0 Å². The summed E-state index contributed by atoms with van der Waals surface area (Å²) in [4.78, 5) is 0. The van der Waals surface area contributed by atoms with Crippen molar-refractivity contribution < 1.29 is 20.1 Å². The van der Waals surface area contributed by atoms with E-state index in [0.29, 0.717) is 36.2 Å². The Labute approximate surface area is 214 Å². The van der Waals surface area contributed by atoms with E-state index in [4.69, 9.17) is 9.84 Å². The zero-order valence-electron chi connectivity index (χ0n) is 23.2. The molecule has 0 saturated heterocycles. The summed E-state index contributed by atoms with van der Waals surface area (Å²) in [5.41, 5.74) is 4.15. The first-order chi connectivity index (χ1) is 16.5. The van der Waals surface area contributed by atoms with Crippen molar-refractivity contribution in [3.63, 3.8) is 0 Å². The van der Waals surface area contributed by atoms with Crippen molar-refractivity contribution in [3.8, 4) is 0 Å². The Morgan fingerprint density at radius 1 is 1.17 bits per heavy atom. The molecule has 0 radical (unpaired) electrons. The number of ether oxygens (including phenoxy) is 1. The first kappa shape index (κ1) is 28.6. The molecule has 0 aromatic carbocycles. The van der Waals surface area contributed by atoms with Crippen LogP contribution in [0, 0.1) is 28.6 Å². The minimum atomic E-state index is -0.812. The van der Waals surface area contributed by atoms with E-state index in [-0.39, 0.29) is 6.61 Å². The van der Waals surface area contributed by atoms with Gasteiger partial charge in [0, 0.05) is 19.6 Å². The van der Waals surface area contributed by atoms with Crippen molar-refractivity contribution in [2.75, 3.05) is 13.2 Å². The molecule has 7 atom stereocenters. The van der Waals surface area contributed by atoms with Crippen LogP contribution in [-0.4, -0.2) is 46.8 Å². The topological polar surface area (TPSA) is 69.9 Å². The lowest BCUT2D eigenvalue weighted by Crippen LogP contribution is -2.44. The molecule has 3 aliphatic carbocycles. The Kier molecular flexibility index (Phi) is 9.87. The number of fused-ring (bicyclic) bond motifs is 1. The van der Waals surface area contributed by atoms with Crippen LogP contribution >= 0.6 is 0 Å². The molecule has 0 amide bonds. The highest BCUT2D eigenvalue weighted by Gasteiger charge is 2.49. The Bertz CT molecular complexity index is 788. The standard InChI is InChI=1S/C31H52O4/c1-21(10-7-16-30(3,4)5)25-14-15-26-23(11-8-17-31(25,26)6)12-13-24-20-27(33)29(28(34)22(24)2)35-19-9-18-32/h11-13,21,25-29,32-34H,7-10,14-20H2,1-6H3/b13-12+/t21-,25-,26?,27-,28-,29-,31-/m1/s1. The van der Waals surface area contributed by atoms with E-state index in [1.165, 1.54) is 44.1 Å². The Morgan fingerprint density at radius 2 is 1.91 bits per heavy atom. The van der Waals surface area contributed by atoms with Gasteiger partial charge in [0.05, 0.1) is 6.10 Å². The van der Waals surface area contributed by atoms with Gasteiger partial charge in [-0.2, -0.15) is 0 Å². The number of rotatable bonds is 10. The van der Waals surface area contributed by atoms with Gasteiger partial charge in [-0.1, -0.05) is 65.7 Å². The Balaban J connectivity index is 1.66. The fourth-order valence-corrected chi connectivity index (χ4v) is 7.17. The third kappa shape index (κ3) is 6.89. The highest BCUT2D eigenvalue weighted by atomic mass is 16.5. The summed E-state index contributed by atoms with van der Waals surface area (Å²) in [6.45, 7) is 14.4. The average molecular weight is 489 g/mol. The second kappa shape index (κ2) is 12.1. The van der Waals surface area contributed by atoms with Crippen molar-refractivity contribution in [2.24, 2.45) is 28.6 Å². The van der Waals surface area contributed by atoms with Crippen LogP contribution in [0.25, 0.3) is 0 Å². The molecule has 0 spiro atoms. The maximum absolute atomic E-state index is 10.8. The van der Waals surface area contributed by atoms with Crippen LogP contribution in [0.1, 0.15) is 99.3 Å². The summed E-state index contributed by atoms with van der Waals surface area (Å²) in [5.74, 6) is 2.17. The van der Waals surface area contributed by atoms with Crippen LogP contribution in [0.15, 0.2) is 34.9 Å². The second-order valence-electron chi connectivity index (χ2n) is 13.1. The van der Waals surface area contributed by atoms with Crippen LogP contribution < -0.4 is 0 Å². The molecular weight excluding hydrogens is 436 g/mol. The van der Waals surface area contributed by atoms with Crippen LogP contribution in [0.4, 0.5) is 0 Å². The smallest absolute Gasteiger partial charge is 0.113 e. The van der Waals surface area contributed by atoms with Crippen molar-refractivity contribution in [3.05, 3.63) is 34.9 Å². The third-order valence-corrected chi connectivity index (χ3v) is 9.31. The Morgan fingerprint density at radius 3 is 2.60 bits per heavy atom. The molecule has 1 unspecified atom stereocenters. The molecule has 0 aliphatic heterocycles. The highest BCUT2D eigenvalue weighted by Crippen LogP contribution is 2.59. The average Bonchev–Trinajstić information content (AvgIpc) is 3.14. The van der Waals surface area contributed by atoms with Crippen molar-refractivity contribution in [1.82, 2.24) is 0 Å². The van der Waals surface area contributed by atoms with Gasteiger partial charge in [0.25, 0.3) is 0 Å². The molecule has 35 heavy (non-hydrogen) atoms. The highest BCUT2D eigenvalue weighted by molar-refractivity contribution is 5.38. The lowest BCUT2D eigenvalue weighted by Gasteiger charge is -2.43.